The Bertz CT molecular complexity index is 1020. The molecule has 2 aromatic carbocycles. The van der Waals surface area contributed by atoms with E-state index in [1.165, 1.54) is 30.1 Å². The Balaban J connectivity index is 1.86. The second-order valence-corrected chi connectivity index (χ2v) is 8.62. The topological polar surface area (TPSA) is 97.2 Å². The lowest BCUT2D eigenvalue weighted by atomic mass is 10.1. The van der Waals surface area contributed by atoms with Gasteiger partial charge in [0.15, 0.2) is 10.9 Å². The lowest BCUT2D eigenvalue weighted by Gasteiger charge is -2.11. The molecule has 0 bridgehead atoms. The van der Waals surface area contributed by atoms with Gasteiger partial charge in [0.1, 0.15) is 4.90 Å². The molecule has 1 fully saturated rings. The number of carbonyl (C=O) groups excluding carboxylic acids is 1. The molecule has 1 N–H and O–H groups in total. The van der Waals surface area contributed by atoms with Gasteiger partial charge in [-0.3, -0.25) is 4.79 Å². The number of amides is 1. The van der Waals surface area contributed by atoms with Gasteiger partial charge in [0.05, 0.1) is 11.5 Å². The van der Waals surface area contributed by atoms with Crippen molar-refractivity contribution in [3.05, 3.63) is 59.7 Å². The van der Waals surface area contributed by atoms with Gasteiger partial charge in [0.25, 0.3) is 0 Å². The number of amidine groups is 1. The van der Waals surface area contributed by atoms with E-state index in [0.717, 1.165) is 0 Å². The average Bonchev–Trinajstić information content (AvgIpc) is 2.96. The van der Waals surface area contributed by atoms with Crippen LogP contribution in [0.25, 0.3) is 0 Å². The third-order valence-electron chi connectivity index (χ3n) is 3.70. The Hall–Kier alpha value is -2.65. The van der Waals surface area contributed by atoms with E-state index in [4.69, 9.17) is 4.18 Å². The van der Waals surface area contributed by atoms with E-state index in [0.29, 0.717) is 16.3 Å². The number of para-hydroxylation sites is 1. The van der Waals surface area contributed by atoms with Crippen molar-refractivity contribution in [2.75, 3.05) is 0 Å². The monoisotopic (exact) mass is 403 g/mol. The van der Waals surface area contributed by atoms with Crippen LogP contribution in [0.15, 0.2) is 63.6 Å². The molecule has 1 aliphatic rings. The summed E-state index contributed by atoms with van der Waals surface area (Å²) in [7, 11) is -3.97. The van der Waals surface area contributed by atoms with Crippen molar-refractivity contribution in [3.63, 3.8) is 0 Å². The Morgan fingerprint density at radius 1 is 1.15 bits per heavy atom. The summed E-state index contributed by atoms with van der Waals surface area (Å²) in [4.78, 5) is 11.5. The molecule has 2 aromatic rings. The molecule has 3 rings (SSSR count). The number of nitrogens with zero attached hydrogens (tertiary/aromatic N) is 2. The molecule has 0 unspecified atom stereocenters. The van der Waals surface area contributed by atoms with Crippen LogP contribution >= 0.6 is 11.8 Å². The fourth-order valence-corrected chi connectivity index (χ4v) is 4.07. The summed E-state index contributed by atoms with van der Waals surface area (Å²) in [5.74, 6) is 0.0595. The molecule has 140 valence electrons. The number of hydrogen-bond acceptors (Lipinski definition) is 7. The summed E-state index contributed by atoms with van der Waals surface area (Å²) >= 11 is 1.27. The lowest BCUT2D eigenvalue weighted by Crippen LogP contribution is -2.23. The van der Waals surface area contributed by atoms with Crippen molar-refractivity contribution in [3.8, 4) is 5.75 Å². The van der Waals surface area contributed by atoms with Crippen LogP contribution in [-0.4, -0.2) is 31.0 Å². The predicted molar refractivity (Wildman–Crippen MR) is 106 cm³/mol. The SMILES string of the molecule is Cc1cccc(/C=N\N=C2/NC(=O)[C@@H](C)S2)c1OS(=O)(=O)c1ccccc1. The van der Waals surface area contributed by atoms with Crippen molar-refractivity contribution in [1.82, 2.24) is 5.32 Å². The average molecular weight is 403 g/mol. The predicted octanol–water partition coefficient (Wildman–Crippen LogP) is 2.70. The zero-order chi connectivity index (χ0) is 19.4. The minimum absolute atomic E-state index is 0.0652. The summed E-state index contributed by atoms with van der Waals surface area (Å²) in [5, 5.41) is 10.7. The lowest BCUT2D eigenvalue weighted by molar-refractivity contribution is -0.118. The van der Waals surface area contributed by atoms with Gasteiger partial charge in [-0.25, -0.2) is 0 Å². The first-order chi connectivity index (χ1) is 12.9. The molecule has 1 heterocycles. The number of nitrogens with one attached hydrogen (secondary N) is 1. The summed E-state index contributed by atoms with van der Waals surface area (Å²) < 4.78 is 30.4. The van der Waals surface area contributed by atoms with E-state index < -0.39 is 10.1 Å². The number of benzene rings is 2. The molecule has 0 spiro atoms. The van der Waals surface area contributed by atoms with Crippen LogP contribution in [0, 0.1) is 6.92 Å². The van der Waals surface area contributed by atoms with E-state index in [9.17, 15) is 13.2 Å². The van der Waals surface area contributed by atoms with Crippen molar-refractivity contribution in [2.45, 2.75) is 24.0 Å². The van der Waals surface area contributed by atoms with Gasteiger partial charge in [-0.05, 0) is 37.6 Å². The molecule has 1 aliphatic heterocycles. The maximum absolute atomic E-state index is 12.5. The summed E-state index contributed by atoms with van der Waals surface area (Å²) in [6.07, 6.45) is 1.39. The summed E-state index contributed by atoms with van der Waals surface area (Å²) in [6, 6.07) is 13.1. The van der Waals surface area contributed by atoms with Crippen LogP contribution in [0.2, 0.25) is 0 Å². The Labute approximate surface area is 161 Å². The maximum Gasteiger partial charge on any atom is 0.339 e. The van der Waals surface area contributed by atoms with Gasteiger partial charge in [0.2, 0.25) is 5.91 Å². The van der Waals surface area contributed by atoms with E-state index in [2.05, 4.69) is 15.5 Å². The van der Waals surface area contributed by atoms with Crippen molar-refractivity contribution in [1.29, 1.82) is 0 Å². The van der Waals surface area contributed by atoms with Crippen molar-refractivity contribution < 1.29 is 17.4 Å². The largest absolute Gasteiger partial charge is 0.378 e. The standard InChI is InChI=1S/C18H17N3O4S2/c1-12-7-6-8-14(11-19-21-18-20-17(22)13(2)26-18)16(12)25-27(23,24)15-9-4-3-5-10-15/h3-11,13H,1-2H3,(H,20,21,22)/b19-11-/t13-/m1/s1. The van der Waals surface area contributed by atoms with Gasteiger partial charge in [0, 0.05) is 5.56 Å². The van der Waals surface area contributed by atoms with E-state index in [1.54, 1.807) is 50.2 Å². The van der Waals surface area contributed by atoms with Crippen molar-refractivity contribution in [2.24, 2.45) is 10.2 Å². The van der Waals surface area contributed by atoms with Crippen LogP contribution < -0.4 is 9.50 Å². The molecule has 0 radical (unpaired) electrons. The Kier molecular flexibility index (Phi) is 5.62. The molecular weight excluding hydrogens is 386 g/mol. The molecule has 0 aromatic heterocycles. The molecule has 1 amide bonds. The first-order valence-electron chi connectivity index (χ1n) is 8.04. The molecule has 0 saturated carbocycles. The highest BCUT2D eigenvalue weighted by Gasteiger charge is 2.25. The normalized spacial score (nSPS) is 18.8. The van der Waals surface area contributed by atoms with E-state index in [-0.39, 0.29) is 21.8 Å². The molecule has 0 aliphatic carbocycles. The highest BCUT2D eigenvalue weighted by molar-refractivity contribution is 8.15. The zero-order valence-electron chi connectivity index (χ0n) is 14.6. The highest BCUT2D eigenvalue weighted by atomic mass is 32.2. The molecule has 1 saturated heterocycles. The van der Waals surface area contributed by atoms with Gasteiger partial charge >= 0.3 is 10.1 Å². The van der Waals surface area contributed by atoms with Crippen LogP contribution in [0.3, 0.4) is 0 Å². The number of aryl methyl sites for hydroxylation is 1. The van der Waals surface area contributed by atoms with Gasteiger partial charge in [-0.2, -0.15) is 13.5 Å². The number of carbonyl (C=O) groups is 1. The first-order valence-corrected chi connectivity index (χ1v) is 10.3. The fourth-order valence-electron chi connectivity index (χ4n) is 2.29. The van der Waals surface area contributed by atoms with Gasteiger partial charge < -0.3 is 9.50 Å². The third-order valence-corrected chi connectivity index (χ3v) is 5.91. The number of hydrogen-bond donors (Lipinski definition) is 1. The quantitative estimate of drug-likeness (QED) is 0.470. The van der Waals surface area contributed by atoms with Gasteiger partial charge in [-0.15, -0.1) is 5.10 Å². The van der Waals surface area contributed by atoms with Crippen LogP contribution in [0.4, 0.5) is 0 Å². The molecule has 1 atom stereocenters. The van der Waals surface area contributed by atoms with Crippen LogP contribution in [0.5, 0.6) is 5.75 Å². The molecule has 7 nitrogen and oxygen atoms in total. The molecular formula is C18H17N3O4S2. The zero-order valence-corrected chi connectivity index (χ0v) is 16.3. The van der Waals surface area contributed by atoms with E-state index in [1.807, 2.05) is 0 Å². The minimum atomic E-state index is -3.97. The smallest absolute Gasteiger partial charge is 0.339 e. The first kappa shape index (κ1) is 19.1. The number of rotatable bonds is 5. The fraction of sp³-hybridized carbons (Fsp3) is 0.167. The minimum Gasteiger partial charge on any atom is -0.378 e. The van der Waals surface area contributed by atoms with Crippen LogP contribution in [-0.2, 0) is 14.9 Å². The maximum atomic E-state index is 12.5. The van der Waals surface area contributed by atoms with Gasteiger partial charge in [-0.1, -0.05) is 42.1 Å². The third kappa shape index (κ3) is 4.55. The molecule has 27 heavy (non-hydrogen) atoms. The molecule has 9 heteroatoms. The Morgan fingerprint density at radius 3 is 2.56 bits per heavy atom. The second kappa shape index (κ2) is 7.93. The second-order valence-electron chi connectivity index (χ2n) is 5.74. The summed E-state index contributed by atoms with van der Waals surface area (Å²) in [5.41, 5.74) is 1.10. The van der Waals surface area contributed by atoms with E-state index >= 15 is 0 Å². The van der Waals surface area contributed by atoms with Crippen LogP contribution in [0.1, 0.15) is 18.1 Å². The highest BCUT2D eigenvalue weighted by Crippen LogP contribution is 2.26. The Morgan fingerprint density at radius 2 is 1.89 bits per heavy atom. The number of thioether (sulfide) groups is 1. The summed E-state index contributed by atoms with van der Waals surface area (Å²) in [6.45, 7) is 3.51. The van der Waals surface area contributed by atoms with Crippen molar-refractivity contribution >= 4 is 39.2 Å².